The Morgan fingerprint density at radius 3 is 2.68 bits per heavy atom. The van der Waals surface area contributed by atoms with Crippen molar-refractivity contribution in [3.05, 3.63) is 47.4 Å². The number of hydrogen-bond acceptors (Lipinski definition) is 6. The fourth-order valence-corrected chi connectivity index (χ4v) is 3.20. The highest BCUT2D eigenvalue weighted by Crippen LogP contribution is 2.37. The number of ether oxygens (including phenoxy) is 2. The van der Waals surface area contributed by atoms with Crippen LogP contribution in [-0.2, 0) is 25.5 Å². The Morgan fingerprint density at radius 1 is 1.25 bits per heavy atom. The highest BCUT2D eigenvalue weighted by molar-refractivity contribution is 5.79. The highest BCUT2D eigenvalue weighted by atomic mass is 19.4. The minimum atomic E-state index is -5.10. The molecule has 0 bridgehead atoms. The second kappa shape index (κ2) is 7.02. The standard InChI is InChI=1S/C18H14F4N2O4/c19-13-8-10(16-26-6-7-27-16)9-23-15(13)12-2-1-3-14-11(12)4-5-24(14)28-17(25)18(20,21)22/h1-3,8-9,16H,4-7H2. The summed E-state index contributed by atoms with van der Waals surface area (Å²) in [6, 6.07) is 5.91. The Morgan fingerprint density at radius 2 is 2.00 bits per heavy atom. The van der Waals surface area contributed by atoms with Crippen LogP contribution in [0.25, 0.3) is 11.3 Å². The zero-order chi connectivity index (χ0) is 19.9. The van der Waals surface area contributed by atoms with Gasteiger partial charge in [-0.15, -0.1) is 0 Å². The molecule has 1 fully saturated rings. The van der Waals surface area contributed by atoms with Crippen LogP contribution < -0.4 is 5.06 Å². The lowest BCUT2D eigenvalue weighted by molar-refractivity contribution is -0.201. The molecule has 3 heterocycles. The van der Waals surface area contributed by atoms with Crippen LogP contribution in [0.2, 0.25) is 0 Å². The van der Waals surface area contributed by atoms with Crippen molar-refractivity contribution >= 4 is 11.7 Å². The molecule has 0 unspecified atom stereocenters. The fraction of sp³-hybridized carbons (Fsp3) is 0.333. The summed E-state index contributed by atoms with van der Waals surface area (Å²) in [4.78, 5) is 19.7. The zero-order valence-electron chi connectivity index (χ0n) is 14.3. The smallest absolute Gasteiger partial charge is 0.346 e. The number of hydroxylamine groups is 1. The Labute approximate surface area is 156 Å². The SMILES string of the molecule is O=C(ON1CCc2c(-c3ncc(C4OCCO4)cc3F)cccc21)C(F)(F)F. The van der Waals surface area contributed by atoms with Gasteiger partial charge < -0.3 is 14.3 Å². The van der Waals surface area contributed by atoms with Gasteiger partial charge in [0.1, 0.15) is 11.5 Å². The van der Waals surface area contributed by atoms with Crippen molar-refractivity contribution in [3.63, 3.8) is 0 Å². The fourth-order valence-electron chi connectivity index (χ4n) is 3.20. The third kappa shape index (κ3) is 3.40. The van der Waals surface area contributed by atoms with Gasteiger partial charge in [-0.1, -0.05) is 12.1 Å². The van der Waals surface area contributed by atoms with Gasteiger partial charge in [0, 0.05) is 17.3 Å². The quantitative estimate of drug-likeness (QED) is 0.740. The maximum absolute atomic E-state index is 14.7. The van der Waals surface area contributed by atoms with Crippen LogP contribution in [0.5, 0.6) is 0 Å². The topological polar surface area (TPSA) is 60.9 Å². The minimum absolute atomic E-state index is 0.0254. The zero-order valence-corrected chi connectivity index (χ0v) is 14.3. The van der Waals surface area contributed by atoms with E-state index in [0.29, 0.717) is 29.9 Å². The number of pyridine rings is 1. The van der Waals surface area contributed by atoms with E-state index in [1.807, 2.05) is 0 Å². The van der Waals surface area contributed by atoms with Crippen LogP contribution in [0.15, 0.2) is 30.5 Å². The first kappa shape index (κ1) is 18.6. The van der Waals surface area contributed by atoms with E-state index < -0.39 is 24.3 Å². The molecule has 0 spiro atoms. The number of benzene rings is 1. The van der Waals surface area contributed by atoms with Crippen LogP contribution >= 0.6 is 0 Å². The summed E-state index contributed by atoms with van der Waals surface area (Å²) in [5.41, 5.74) is 1.71. The van der Waals surface area contributed by atoms with E-state index >= 15 is 0 Å². The average molecular weight is 398 g/mol. The summed E-state index contributed by atoms with van der Waals surface area (Å²) in [7, 11) is 0. The van der Waals surface area contributed by atoms with Crippen molar-refractivity contribution in [2.24, 2.45) is 0 Å². The van der Waals surface area contributed by atoms with Crippen molar-refractivity contribution < 1.29 is 36.7 Å². The summed E-state index contributed by atoms with van der Waals surface area (Å²) in [5.74, 6) is -2.92. The average Bonchev–Trinajstić information content (AvgIpc) is 3.31. The largest absolute Gasteiger partial charge is 0.493 e. The van der Waals surface area contributed by atoms with Gasteiger partial charge >= 0.3 is 12.1 Å². The molecule has 6 nitrogen and oxygen atoms in total. The lowest BCUT2D eigenvalue weighted by Gasteiger charge is -2.19. The van der Waals surface area contributed by atoms with Crippen LogP contribution in [-0.4, -0.2) is 36.9 Å². The van der Waals surface area contributed by atoms with E-state index in [9.17, 15) is 22.4 Å². The molecule has 148 valence electrons. The Balaban J connectivity index is 1.63. The molecular weight excluding hydrogens is 384 g/mol. The molecule has 2 aliphatic rings. The molecule has 0 atom stereocenters. The monoisotopic (exact) mass is 398 g/mol. The normalized spacial score (nSPS) is 17.1. The van der Waals surface area contributed by atoms with Gasteiger partial charge in [-0.25, -0.2) is 14.2 Å². The molecule has 0 saturated carbocycles. The second-order valence-corrected chi connectivity index (χ2v) is 6.20. The van der Waals surface area contributed by atoms with Gasteiger partial charge in [0.05, 0.1) is 25.4 Å². The highest BCUT2D eigenvalue weighted by Gasteiger charge is 2.43. The van der Waals surface area contributed by atoms with E-state index in [0.717, 1.165) is 5.06 Å². The second-order valence-electron chi connectivity index (χ2n) is 6.20. The molecule has 1 aromatic heterocycles. The minimum Gasteiger partial charge on any atom is -0.346 e. The molecule has 0 N–H and O–H groups in total. The molecule has 0 aliphatic carbocycles. The lowest BCUT2D eigenvalue weighted by atomic mass is 10.0. The number of halogens is 4. The van der Waals surface area contributed by atoms with Crippen molar-refractivity contribution in [2.45, 2.75) is 18.9 Å². The van der Waals surface area contributed by atoms with Crippen LogP contribution in [0.1, 0.15) is 17.4 Å². The van der Waals surface area contributed by atoms with E-state index in [1.165, 1.54) is 24.4 Å². The summed E-state index contributed by atoms with van der Waals surface area (Å²) in [5, 5.41) is 0.862. The van der Waals surface area contributed by atoms with Crippen LogP contribution in [0, 0.1) is 5.82 Å². The molecule has 2 aromatic rings. The molecule has 28 heavy (non-hydrogen) atoms. The number of alkyl halides is 3. The van der Waals surface area contributed by atoms with Gasteiger partial charge in [0.15, 0.2) is 6.29 Å². The summed E-state index contributed by atoms with van der Waals surface area (Å²) in [6.07, 6.45) is -4.07. The van der Waals surface area contributed by atoms with Crippen molar-refractivity contribution in [1.29, 1.82) is 0 Å². The van der Waals surface area contributed by atoms with Crippen molar-refractivity contribution in [3.8, 4) is 11.3 Å². The van der Waals surface area contributed by atoms with Gasteiger partial charge in [0.25, 0.3) is 0 Å². The van der Waals surface area contributed by atoms with Crippen LogP contribution in [0.3, 0.4) is 0 Å². The molecule has 4 rings (SSSR count). The van der Waals surface area contributed by atoms with Crippen molar-refractivity contribution in [2.75, 3.05) is 24.8 Å². The third-order valence-corrected chi connectivity index (χ3v) is 4.42. The van der Waals surface area contributed by atoms with E-state index in [-0.39, 0.29) is 24.3 Å². The maximum Gasteiger partial charge on any atom is 0.493 e. The summed E-state index contributed by atoms with van der Waals surface area (Å²) >= 11 is 0. The molecule has 0 amide bonds. The number of nitrogens with zero attached hydrogens (tertiary/aromatic N) is 2. The molecule has 0 radical (unpaired) electrons. The molecule has 10 heteroatoms. The number of rotatable bonds is 3. The van der Waals surface area contributed by atoms with Crippen molar-refractivity contribution in [1.82, 2.24) is 4.98 Å². The van der Waals surface area contributed by atoms with E-state index in [2.05, 4.69) is 9.82 Å². The van der Waals surface area contributed by atoms with E-state index in [1.54, 1.807) is 6.07 Å². The van der Waals surface area contributed by atoms with E-state index in [4.69, 9.17) is 9.47 Å². The number of hydrogen-bond donors (Lipinski definition) is 0. The number of carbonyl (C=O) groups is 1. The summed E-state index contributed by atoms with van der Waals surface area (Å²) < 4.78 is 62.7. The first-order chi connectivity index (χ1) is 13.3. The predicted octanol–water partition coefficient (Wildman–Crippen LogP) is 3.32. The number of aromatic nitrogens is 1. The lowest BCUT2D eigenvalue weighted by Crippen LogP contribution is -2.33. The molecular formula is C18H14F4N2O4. The van der Waals surface area contributed by atoms with Gasteiger partial charge in [-0.3, -0.25) is 4.98 Å². The predicted molar refractivity (Wildman–Crippen MR) is 87.5 cm³/mol. The molecule has 1 aromatic carbocycles. The first-order valence-corrected chi connectivity index (χ1v) is 8.42. The number of carbonyl (C=O) groups excluding carboxylic acids is 1. The molecule has 1 saturated heterocycles. The van der Waals surface area contributed by atoms with Gasteiger partial charge in [-0.05, 0) is 24.1 Å². The van der Waals surface area contributed by atoms with Gasteiger partial charge in [-0.2, -0.15) is 13.2 Å². The van der Waals surface area contributed by atoms with Gasteiger partial charge in [0.2, 0.25) is 0 Å². The first-order valence-electron chi connectivity index (χ1n) is 8.42. The third-order valence-electron chi connectivity index (χ3n) is 4.42. The van der Waals surface area contributed by atoms with Crippen LogP contribution in [0.4, 0.5) is 23.2 Å². The molecule has 2 aliphatic heterocycles. The Hall–Kier alpha value is -2.72. The number of fused-ring (bicyclic) bond motifs is 1. The number of anilines is 1. The maximum atomic E-state index is 14.7. The summed E-state index contributed by atoms with van der Waals surface area (Å²) in [6.45, 7) is 0.844. The Kier molecular flexibility index (Phi) is 4.68. The Bertz CT molecular complexity index is 913.